The van der Waals surface area contributed by atoms with Crippen molar-refractivity contribution in [3.05, 3.63) is 59.7 Å². The van der Waals surface area contributed by atoms with Gasteiger partial charge in [-0.2, -0.15) is 0 Å². The molecule has 1 aliphatic heterocycles. The molecule has 2 amide bonds. The number of carbonyl (C=O) groups excluding carboxylic acids is 2. The Labute approximate surface area is 180 Å². The second kappa shape index (κ2) is 7.72. The van der Waals surface area contributed by atoms with E-state index in [0.29, 0.717) is 25.9 Å². The van der Waals surface area contributed by atoms with Crippen LogP contribution in [0, 0.1) is 11.8 Å². The van der Waals surface area contributed by atoms with E-state index in [0.717, 1.165) is 11.1 Å². The number of ether oxygens (including phenoxy) is 1. The normalized spacial score (nSPS) is 23.4. The van der Waals surface area contributed by atoms with Crippen molar-refractivity contribution in [1.29, 1.82) is 0 Å². The van der Waals surface area contributed by atoms with Crippen molar-refractivity contribution in [3.63, 3.8) is 0 Å². The molecule has 2 fully saturated rings. The number of aliphatic carboxylic acids is 1. The Bertz CT molecular complexity index is 1010. The molecule has 3 unspecified atom stereocenters. The van der Waals surface area contributed by atoms with Gasteiger partial charge in [0.1, 0.15) is 12.6 Å². The summed E-state index contributed by atoms with van der Waals surface area (Å²) in [4.78, 5) is 37.2. The van der Waals surface area contributed by atoms with Gasteiger partial charge in [-0.05, 0) is 41.0 Å². The molecule has 0 bridgehead atoms. The molecule has 5 rings (SSSR count). The average Bonchev–Trinajstić information content (AvgIpc) is 3.45. The SMILES string of the molecule is O=C(NCC1CC1C(=O)N1CCC1C(=O)O)OCC1c2ccccc2-c2ccccc21. The quantitative estimate of drug-likeness (QED) is 0.749. The summed E-state index contributed by atoms with van der Waals surface area (Å²) in [5.41, 5.74) is 4.67. The van der Waals surface area contributed by atoms with Crippen LogP contribution in [0.4, 0.5) is 4.79 Å². The summed E-state index contributed by atoms with van der Waals surface area (Å²) >= 11 is 0. The highest BCUT2D eigenvalue weighted by molar-refractivity contribution is 5.88. The molecule has 2 aromatic carbocycles. The van der Waals surface area contributed by atoms with Crippen molar-refractivity contribution < 1.29 is 24.2 Å². The minimum absolute atomic E-state index is 0.00719. The van der Waals surface area contributed by atoms with Gasteiger partial charge in [0, 0.05) is 24.9 Å². The second-order valence-electron chi connectivity index (χ2n) is 8.48. The number of carboxylic acids is 1. The molecule has 1 heterocycles. The van der Waals surface area contributed by atoms with Gasteiger partial charge in [0.05, 0.1) is 0 Å². The summed E-state index contributed by atoms with van der Waals surface area (Å²) in [6.45, 7) is 1.11. The summed E-state index contributed by atoms with van der Waals surface area (Å²) in [6.07, 6.45) is 0.689. The summed E-state index contributed by atoms with van der Waals surface area (Å²) in [6, 6.07) is 15.6. The van der Waals surface area contributed by atoms with Crippen molar-refractivity contribution in [2.75, 3.05) is 19.7 Å². The number of likely N-dealkylation sites (tertiary alicyclic amines) is 1. The largest absolute Gasteiger partial charge is 0.480 e. The van der Waals surface area contributed by atoms with E-state index in [-0.39, 0.29) is 30.3 Å². The molecule has 1 saturated heterocycles. The van der Waals surface area contributed by atoms with Crippen LogP contribution in [-0.2, 0) is 14.3 Å². The molecule has 2 aliphatic carbocycles. The fourth-order valence-electron chi connectivity index (χ4n) is 4.76. The fourth-order valence-corrected chi connectivity index (χ4v) is 4.76. The maximum absolute atomic E-state index is 12.4. The molecule has 31 heavy (non-hydrogen) atoms. The molecule has 0 spiro atoms. The van der Waals surface area contributed by atoms with Gasteiger partial charge in [0.15, 0.2) is 0 Å². The molecule has 2 aromatic rings. The third kappa shape index (κ3) is 3.54. The van der Waals surface area contributed by atoms with E-state index in [1.54, 1.807) is 0 Å². The molecule has 160 valence electrons. The number of amides is 2. The number of hydrogen-bond acceptors (Lipinski definition) is 4. The van der Waals surface area contributed by atoms with Crippen molar-refractivity contribution in [2.45, 2.75) is 24.8 Å². The first kappa shape index (κ1) is 19.6. The van der Waals surface area contributed by atoms with Gasteiger partial charge in [-0.3, -0.25) is 4.79 Å². The minimum Gasteiger partial charge on any atom is -0.480 e. The predicted molar refractivity (Wildman–Crippen MR) is 112 cm³/mol. The lowest BCUT2D eigenvalue weighted by Crippen LogP contribution is -2.55. The molecule has 7 heteroatoms. The Kier molecular flexibility index (Phi) is 4.88. The summed E-state index contributed by atoms with van der Waals surface area (Å²) in [7, 11) is 0. The molecule has 7 nitrogen and oxygen atoms in total. The molecule has 0 aromatic heterocycles. The van der Waals surface area contributed by atoms with Gasteiger partial charge in [0.2, 0.25) is 5.91 Å². The average molecular weight is 420 g/mol. The monoisotopic (exact) mass is 420 g/mol. The van der Waals surface area contributed by atoms with E-state index in [4.69, 9.17) is 9.84 Å². The number of rotatable bonds is 6. The van der Waals surface area contributed by atoms with Gasteiger partial charge in [0.25, 0.3) is 0 Å². The standard InChI is InChI=1S/C24H24N2O5/c27-22(26-10-9-21(26)23(28)29)19-11-14(19)12-25-24(30)31-13-20-17-7-3-1-5-15(17)16-6-2-4-8-18(16)20/h1-8,14,19-21H,9-13H2,(H,25,30)(H,28,29). The van der Waals surface area contributed by atoms with Crippen LogP contribution >= 0.6 is 0 Å². The van der Waals surface area contributed by atoms with Crippen molar-refractivity contribution in [3.8, 4) is 11.1 Å². The zero-order valence-electron chi connectivity index (χ0n) is 17.0. The number of benzene rings is 2. The summed E-state index contributed by atoms with van der Waals surface area (Å²) < 4.78 is 5.52. The highest BCUT2D eigenvalue weighted by Gasteiger charge is 2.49. The van der Waals surface area contributed by atoms with E-state index in [1.807, 2.05) is 24.3 Å². The molecular weight excluding hydrogens is 396 g/mol. The van der Waals surface area contributed by atoms with Gasteiger partial charge in [-0.15, -0.1) is 0 Å². The first-order valence-electron chi connectivity index (χ1n) is 10.7. The van der Waals surface area contributed by atoms with Gasteiger partial charge < -0.3 is 20.1 Å². The van der Waals surface area contributed by atoms with Crippen LogP contribution in [0.15, 0.2) is 48.5 Å². The van der Waals surface area contributed by atoms with Crippen molar-refractivity contribution >= 4 is 18.0 Å². The van der Waals surface area contributed by atoms with E-state index in [1.165, 1.54) is 16.0 Å². The topological polar surface area (TPSA) is 95.9 Å². The van der Waals surface area contributed by atoms with Crippen LogP contribution in [0.2, 0.25) is 0 Å². The lowest BCUT2D eigenvalue weighted by molar-refractivity contribution is -0.158. The zero-order chi connectivity index (χ0) is 21.5. The van der Waals surface area contributed by atoms with Gasteiger partial charge >= 0.3 is 12.1 Å². The number of hydrogen-bond donors (Lipinski definition) is 2. The maximum Gasteiger partial charge on any atom is 0.407 e. The van der Waals surface area contributed by atoms with E-state index >= 15 is 0 Å². The van der Waals surface area contributed by atoms with E-state index in [2.05, 4.69) is 29.6 Å². The summed E-state index contributed by atoms with van der Waals surface area (Å²) in [5.74, 6) is -1.21. The zero-order valence-corrected chi connectivity index (χ0v) is 17.0. The van der Waals surface area contributed by atoms with Crippen LogP contribution in [0.3, 0.4) is 0 Å². The maximum atomic E-state index is 12.4. The van der Waals surface area contributed by atoms with Crippen LogP contribution < -0.4 is 5.32 Å². The summed E-state index contributed by atoms with van der Waals surface area (Å²) in [5, 5.41) is 11.9. The number of alkyl carbamates (subject to hydrolysis) is 1. The number of carbonyl (C=O) groups is 3. The highest BCUT2D eigenvalue weighted by atomic mass is 16.5. The minimum atomic E-state index is -0.950. The Morgan fingerprint density at radius 3 is 2.26 bits per heavy atom. The third-order valence-electron chi connectivity index (χ3n) is 6.68. The van der Waals surface area contributed by atoms with Crippen molar-refractivity contribution in [1.82, 2.24) is 10.2 Å². The Balaban J connectivity index is 1.12. The third-order valence-corrected chi connectivity index (χ3v) is 6.68. The van der Waals surface area contributed by atoms with E-state index in [9.17, 15) is 14.4 Å². The second-order valence-corrected chi connectivity index (χ2v) is 8.48. The number of nitrogens with zero attached hydrogens (tertiary/aromatic N) is 1. The molecule has 3 aliphatic rings. The van der Waals surface area contributed by atoms with Crippen LogP contribution in [0.25, 0.3) is 11.1 Å². The Morgan fingerprint density at radius 1 is 1.03 bits per heavy atom. The molecule has 3 atom stereocenters. The molecular formula is C24H24N2O5. The van der Waals surface area contributed by atoms with Crippen LogP contribution in [-0.4, -0.2) is 53.7 Å². The van der Waals surface area contributed by atoms with Crippen LogP contribution in [0.5, 0.6) is 0 Å². The predicted octanol–water partition coefficient (Wildman–Crippen LogP) is 2.85. The lowest BCUT2D eigenvalue weighted by atomic mass is 9.98. The fraction of sp³-hybridized carbons (Fsp3) is 0.375. The Hall–Kier alpha value is -3.35. The van der Waals surface area contributed by atoms with Gasteiger partial charge in [-0.25, -0.2) is 9.59 Å². The number of nitrogens with one attached hydrogen (secondary N) is 1. The highest BCUT2D eigenvalue weighted by Crippen LogP contribution is 2.44. The van der Waals surface area contributed by atoms with Gasteiger partial charge in [-0.1, -0.05) is 48.5 Å². The first-order chi connectivity index (χ1) is 15.0. The first-order valence-corrected chi connectivity index (χ1v) is 10.7. The molecule has 1 saturated carbocycles. The smallest absolute Gasteiger partial charge is 0.407 e. The van der Waals surface area contributed by atoms with E-state index < -0.39 is 18.1 Å². The van der Waals surface area contributed by atoms with Crippen molar-refractivity contribution in [2.24, 2.45) is 11.8 Å². The molecule has 2 N–H and O–H groups in total. The van der Waals surface area contributed by atoms with Crippen LogP contribution in [0.1, 0.15) is 29.9 Å². The lowest BCUT2D eigenvalue weighted by Gasteiger charge is -2.38. The molecule has 0 radical (unpaired) electrons. The number of carboxylic acid groups (broad SMARTS) is 1. The Morgan fingerprint density at radius 2 is 1.68 bits per heavy atom. The number of fused-ring (bicyclic) bond motifs is 3.